The molecule has 0 heterocycles. The predicted molar refractivity (Wildman–Crippen MR) is 64.9 cm³/mol. The summed E-state index contributed by atoms with van der Waals surface area (Å²) in [6.07, 6.45) is -4.33. The van der Waals surface area contributed by atoms with Crippen LogP contribution in [0.2, 0.25) is 38.8 Å². The number of hydrogen-bond donors (Lipinski definition) is 3. The Kier molecular flexibility index (Phi) is 3.30. The van der Waals surface area contributed by atoms with E-state index < -0.39 is 21.9 Å². The van der Waals surface area contributed by atoms with Crippen LogP contribution < -0.4 is 0 Å². The summed E-state index contributed by atoms with van der Waals surface area (Å²) in [7, 11) is -4.61. The number of hydrogen-bond acceptors (Lipinski definition) is 3. The summed E-state index contributed by atoms with van der Waals surface area (Å²) in [4.78, 5) is 30.6. The molecule has 0 unspecified atom stereocenters. The van der Waals surface area contributed by atoms with Crippen molar-refractivity contribution >= 4 is 21.9 Å². The topological polar surface area (TPSA) is 60.7 Å². The Morgan fingerprint density at radius 3 is 1.31 bits per heavy atom. The van der Waals surface area contributed by atoms with E-state index in [1.54, 1.807) is 0 Å². The summed E-state index contributed by atoms with van der Waals surface area (Å²) in [5, 5.41) is 0. The van der Waals surface area contributed by atoms with E-state index in [1.807, 2.05) is 39.7 Å². The monoisotopic (exact) mass is 242 g/mol. The van der Waals surface area contributed by atoms with E-state index in [-0.39, 0.29) is 0 Å². The fourth-order valence-electron chi connectivity index (χ4n) is 1.20. The Morgan fingerprint density at radius 1 is 0.923 bits per heavy atom. The summed E-state index contributed by atoms with van der Waals surface area (Å²) in [6.45, 7) is 11.1. The van der Waals surface area contributed by atoms with Gasteiger partial charge in [0.2, 0.25) is 0 Å². The minimum absolute atomic E-state index is 0.707. The van der Waals surface area contributed by atoms with Crippen LogP contribution in [-0.2, 0) is 0 Å². The van der Waals surface area contributed by atoms with E-state index in [2.05, 4.69) is 0 Å². The van der Waals surface area contributed by atoms with Gasteiger partial charge in [0.1, 0.15) is 0 Å². The van der Waals surface area contributed by atoms with Crippen LogP contribution in [0.3, 0.4) is 0 Å². The molecule has 0 rings (SSSR count). The molecule has 0 aromatic heterocycles. The summed E-state index contributed by atoms with van der Waals surface area (Å²) in [5.41, 5.74) is 0. The van der Waals surface area contributed by atoms with Gasteiger partial charge in [0, 0.05) is 0 Å². The summed E-state index contributed by atoms with van der Waals surface area (Å²) in [5.74, 6) is 0. The average Bonchev–Trinajstić information content (AvgIpc) is 1.83. The van der Waals surface area contributed by atoms with Crippen LogP contribution in [0.15, 0.2) is 0 Å². The Morgan fingerprint density at radius 2 is 1.23 bits per heavy atom. The molecule has 3 N–H and O–H groups in total. The number of rotatable bonds is 3. The van der Waals surface area contributed by atoms with Crippen LogP contribution in [0.4, 0.5) is 0 Å². The quantitative estimate of drug-likeness (QED) is 0.526. The maximum atomic E-state index is 10.2. The third-order valence-corrected chi connectivity index (χ3v) is 36.2. The van der Waals surface area contributed by atoms with E-state index in [0.29, 0.717) is 6.04 Å². The molecule has 0 spiro atoms. The van der Waals surface area contributed by atoms with Crippen molar-refractivity contribution in [3.8, 4) is 0 Å². The van der Waals surface area contributed by atoms with Crippen molar-refractivity contribution in [1.82, 2.24) is 0 Å². The molecule has 13 heavy (non-hydrogen) atoms. The van der Waals surface area contributed by atoms with Gasteiger partial charge in [0.25, 0.3) is 0 Å². The van der Waals surface area contributed by atoms with E-state index in [9.17, 15) is 14.7 Å². The van der Waals surface area contributed by atoms with Crippen molar-refractivity contribution in [2.45, 2.75) is 45.7 Å². The van der Waals surface area contributed by atoms with E-state index >= 15 is 0 Å². The zero-order chi connectivity index (χ0) is 11.2. The molecule has 0 atom stereocenters. The molecule has 0 aliphatic rings. The second-order valence-corrected chi connectivity index (χ2v) is 29.9. The molecule has 0 aromatic carbocycles. The van der Waals surface area contributed by atoms with Crippen molar-refractivity contribution in [2.24, 2.45) is 0 Å². The summed E-state index contributed by atoms with van der Waals surface area (Å²) >= 11 is 0. The Balaban J connectivity index is 5.37. The first kappa shape index (κ1) is 13.7. The standard InChI is InChI=1S/C7H23O3PSi2/c1-7-13(5,6)11(8,9,10)12(2,3)4/h8-10H,7H2,1-6H3. The van der Waals surface area contributed by atoms with E-state index in [1.165, 1.54) is 0 Å². The van der Waals surface area contributed by atoms with Gasteiger partial charge in [-0.3, -0.25) is 0 Å². The second kappa shape index (κ2) is 3.12. The first-order valence-electron chi connectivity index (χ1n) is 4.61. The van der Waals surface area contributed by atoms with Crippen LogP contribution in [0.5, 0.6) is 0 Å². The van der Waals surface area contributed by atoms with Crippen LogP contribution in [0.25, 0.3) is 0 Å². The van der Waals surface area contributed by atoms with Crippen LogP contribution in [0.1, 0.15) is 6.92 Å². The Labute approximate surface area is 82.7 Å². The van der Waals surface area contributed by atoms with Gasteiger partial charge in [0.05, 0.1) is 0 Å². The molecule has 0 saturated heterocycles. The molecular formula is C7H23O3PSi2. The SMILES string of the molecule is CC[Si](C)(C)P(O)(O)(O)[Si](C)(C)C. The van der Waals surface area contributed by atoms with Gasteiger partial charge in [-0.15, -0.1) is 0 Å². The molecule has 6 heteroatoms. The van der Waals surface area contributed by atoms with Gasteiger partial charge < -0.3 is 0 Å². The maximum absolute atomic E-state index is 10.2. The fourth-order valence-corrected chi connectivity index (χ4v) is 28.6. The van der Waals surface area contributed by atoms with Gasteiger partial charge in [-0.1, -0.05) is 0 Å². The molecule has 3 nitrogen and oxygen atoms in total. The second-order valence-electron chi connectivity index (χ2n) is 5.32. The molecule has 0 radical (unpaired) electrons. The summed E-state index contributed by atoms with van der Waals surface area (Å²) in [6, 6.07) is 0.707. The Hall–Kier alpha value is 0.744. The van der Waals surface area contributed by atoms with Crippen LogP contribution in [-0.4, -0.2) is 30.2 Å². The van der Waals surface area contributed by atoms with Crippen molar-refractivity contribution in [1.29, 1.82) is 0 Å². The first-order valence-corrected chi connectivity index (χ1v) is 15.1. The molecule has 0 aromatic rings. The van der Waals surface area contributed by atoms with Gasteiger partial charge in [0.15, 0.2) is 0 Å². The van der Waals surface area contributed by atoms with E-state index in [4.69, 9.17) is 0 Å². The Bertz CT molecular complexity index is 202. The molecular weight excluding hydrogens is 219 g/mol. The summed E-state index contributed by atoms with van der Waals surface area (Å²) < 4.78 is 0. The molecule has 0 bridgehead atoms. The first-order chi connectivity index (χ1) is 5.35. The molecule has 0 fully saturated rings. The van der Waals surface area contributed by atoms with Gasteiger partial charge in [-0.25, -0.2) is 0 Å². The third kappa shape index (κ3) is 1.91. The van der Waals surface area contributed by atoms with Crippen molar-refractivity contribution in [2.75, 3.05) is 0 Å². The van der Waals surface area contributed by atoms with Gasteiger partial charge in [-0.2, -0.15) is 0 Å². The molecule has 0 saturated carbocycles. The molecule has 82 valence electrons. The van der Waals surface area contributed by atoms with Crippen molar-refractivity contribution in [3.05, 3.63) is 0 Å². The predicted octanol–water partition coefficient (Wildman–Crippen LogP) is 2.32. The minimum atomic E-state index is -4.33. The third-order valence-electron chi connectivity index (χ3n) is 3.22. The molecule has 0 aliphatic carbocycles. The van der Waals surface area contributed by atoms with Crippen molar-refractivity contribution < 1.29 is 14.7 Å². The molecule has 0 aliphatic heterocycles. The van der Waals surface area contributed by atoms with Crippen molar-refractivity contribution in [3.63, 3.8) is 0 Å². The zero-order valence-corrected chi connectivity index (χ0v) is 12.4. The average molecular weight is 242 g/mol. The fraction of sp³-hybridized carbons (Fsp3) is 1.00. The van der Waals surface area contributed by atoms with E-state index in [0.717, 1.165) is 0 Å². The van der Waals surface area contributed by atoms with Gasteiger partial charge in [-0.05, 0) is 0 Å². The zero-order valence-electron chi connectivity index (χ0n) is 9.50. The van der Waals surface area contributed by atoms with Crippen LogP contribution in [0, 0.1) is 0 Å². The van der Waals surface area contributed by atoms with Gasteiger partial charge >= 0.3 is 82.2 Å². The van der Waals surface area contributed by atoms with Crippen LogP contribution >= 0.6 is 6.38 Å². The normalized spacial score (nSPS) is 18.1. The molecule has 0 amide bonds.